The lowest BCUT2D eigenvalue weighted by atomic mass is 9.85. The van der Waals surface area contributed by atoms with Crippen LogP contribution in [0.2, 0.25) is 0 Å². The minimum absolute atomic E-state index is 0.0976. The van der Waals surface area contributed by atoms with Crippen LogP contribution in [-0.2, 0) is 9.53 Å². The molecule has 2 heterocycles. The molecular weight excluding hydrogens is 288 g/mol. The van der Waals surface area contributed by atoms with Gasteiger partial charge in [-0.15, -0.1) is 0 Å². The monoisotopic (exact) mass is 308 g/mol. The third-order valence-electron chi connectivity index (χ3n) is 4.90. The van der Waals surface area contributed by atoms with Crippen LogP contribution in [-0.4, -0.2) is 18.1 Å². The second kappa shape index (κ2) is 4.75. The van der Waals surface area contributed by atoms with Crippen molar-refractivity contribution >= 4 is 27.9 Å². The normalized spacial score (nSPS) is 26.1. The van der Waals surface area contributed by atoms with E-state index in [0.29, 0.717) is 12.4 Å². The fourth-order valence-electron chi connectivity index (χ4n) is 3.58. The van der Waals surface area contributed by atoms with E-state index in [1.165, 1.54) is 16.3 Å². The molecule has 0 aliphatic carbocycles. The molecule has 0 bridgehead atoms. The molecule has 2 N–H and O–H groups in total. The molecule has 2 unspecified atom stereocenters. The number of hydrogen-bond acceptors (Lipinski definition) is 4. The summed E-state index contributed by atoms with van der Waals surface area (Å²) < 4.78 is 5.63. The van der Waals surface area contributed by atoms with E-state index in [1.807, 2.05) is 19.9 Å². The number of benzene rings is 2. The summed E-state index contributed by atoms with van der Waals surface area (Å²) in [4.78, 5) is 12.5. The molecule has 0 spiro atoms. The highest BCUT2D eigenvalue weighted by molar-refractivity contribution is 6.07. The van der Waals surface area contributed by atoms with E-state index >= 15 is 0 Å². The number of nitrogens with one attached hydrogen (secondary N) is 2. The van der Waals surface area contributed by atoms with Crippen LogP contribution >= 0.6 is 0 Å². The second-order valence-corrected chi connectivity index (χ2v) is 6.63. The third-order valence-corrected chi connectivity index (χ3v) is 4.90. The van der Waals surface area contributed by atoms with Crippen molar-refractivity contribution in [1.82, 2.24) is 0 Å². The van der Waals surface area contributed by atoms with Gasteiger partial charge in [0.05, 0.1) is 11.7 Å². The highest BCUT2D eigenvalue weighted by Crippen LogP contribution is 2.42. The predicted octanol–water partition coefficient (Wildman–Crippen LogP) is 3.82. The van der Waals surface area contributed by atoms with E-state index in [-0.39, 0.29) is 11.7 Å². The van der Waals surface area contributed by atoms with E-state index in [9.17, 15) is 4.79 Å². The van der Waals surface area contributed by atoms with Gasteiger partial charge in [0.25, 0.3) is 0 Å². The van der Waals surface area contributed by atoms with Crippen LogP contribution in [0.4, 0.5) is 11.4 Å². The van der Waals surface area contributed by atoms with Crippen LogP contribution < -0.4 is 10.6 Å². The number of rotatable bonds is 1. The van der Waals surface area contributed by atoms with Gasteiger partial charge >= 0.3 is 0 Å². The molecule has 0 fully saturated rings. The van der Waals surface area contributed by atoms with E-state index in [4.69, 9.17) is 4.74 Å². The zero-order valence-electron chi connectivity index (χ0n) is 13.6. The van der Waals surface area contributed by atoms with Crippen molar-refractivity contribution in [2.45, 2.75) is 26.4 Å². The molecule has 2 aliphatic rings. The van der Waals surface area contributed by atoms with Crippen LogP contribution in [0.1, 0.15) is 19.4 Å². The standard InChI is InChI=1S/C19H20N2O2/c1-11-7-8-13-5-4-6-15-17(13)18(11)21-19(3,20-15)14-10-23-12(2)9-16(14)22/h4-9,14,20-21H,10H2,1-3H3. The number of carbonyl (C=O) groups is 1. The molecule has 2 atom stereocenters. The molecule has 2 aliphatic heterocycles. The summed E-state index contributed by atoms with van der Waals surface area (Å²) in [5.74, 6) is 0.499. The van der Waals surface area contributed by atoms with Crippen LogP contribution in [0, 0.1) is 12.8 Å². The zero-order chi connectivity index (χ0) is 16.2. The van der Waals surface area contributed by atoms with Crippen molar-refractivity contribution in [2.24, 2.45) is 5.92 Å². The number of ether oxygens (including phenoxy) is 1. The lowest BCUT2D eigenvalue weighted by molar-refractivity contribution is -0.122. The Kier molecular flexibility index (Phi) is 2.92. The molecule has 0 radical (unpaired) electrons. The Morgan fingerprint density at radius 2 is 2.00 bits per heavy atom. The Bertz CT molecular complexity index is 856. The second-order valence-electron chi connectivity index (χ2n) is 6.63. The maximum absolute atomic E-state index is 12.5. The summed E-state index contributed by atoms with van der Waals surface area (Å²) >= 11 is 0. The average Bonchev–Trinajstić information content (AvgIpc) is 2.50. The maximum Gasteiger partial charge on any atom is 0.169 e. The molecule has 4 nitrogen and oxygen atoms in total. The van der Waals surface area contributed by atoms with Crippen molar-refractivity contribution in [2.75, 3.05) is 17.2 Å². The van der Waals surface area contributed by atoms with E-state index in [0.717, 1.165) is 11.4 Å². The summed E-state index contributed by atoms with van der Waals surface area (Å²) in [6, 6.07) is 10.5. The van der Waals surface area contributed by atoms with Crippen LogP contribution in [0.3, 0.4) is 0 Å². The average molecular weight is 308 g/mol. The minimum atomic E-state index is -0.582. The summed E-state index contributed by atoms with van der Waals surface area (Å²) in [7, 11) is 0. The molecule has 2 aromatic carbocycles. The molecule has 0 aromatic heterocycles. The minimum Gasteiger partial charge on any atom is -0.497 e. The molecule has 4 heteroatoms. The Morgan fingerprint density at radius 1 is 1.17 bits per heavy atom. The quantitative estimate of drug-likeness (QED) is 0.841. The van der Waals surface area contributed by atoms with Gasteiger partial charge in [-0.05, 0) is 37.8 Å². The maximum atomic E-state index is 12.5. The van der Waals surface area contributed by atoms with Crippen molar-refractivity contribution in [3.63, 3.8) is 0 Å². The number of allylic oxidation sites excluding steroid dienone is 2. The summed E-state index contributed by atoms with van der Waals surface area (Å²) in [5, 5.41) is 9.49. The fraction of sp³-hybridized carbons (Fsp3) is 0.316. The lowest BCUT2D eigenvalue weighted by Gasteiger charge is -2.44. The molecule has 0 saturated carbocycles. The van der Waals surface area contributed by atoms with Crippen molar-refractivity contribution in [1.29, 1.82) is 0 Å². The SMILES string of the molecule is CC1=CC(=O)C(C2(C)Nc3cccc4ccc(C)c(c34)N2)CO1. The zero-order valence-corrected chi connectivity index (χ0v) is 13.6. The molecule has 0 saturated heterocycles. The molecule has 23 heavy (non-hydrogen) atoms. The van der Waals surface area contributed by atoms with Gasteiger partial charge in [0.2, 0.25) is 0 Å². The van der Waals surface area contributed by atoms with E-state index in [1.54, 1.807) is 6.08 Å². The van der Waals surface area contributed by atoms with Gasteiger partial charge in [0.15, 0.2) is 5.78 Å². The first-order valence-electron chi connectivity index (χ1n) is 7.91. The molecule has 4 rings (SSSR count). The van der Waals surface area contributed by atoms with E-state index < -0.39 is 5.66 Å². The highest BCUT2D eigenvalue weighted by atomic mass is 16.5. The van der Waals surface area contributed by atoms with Gasteiger partial charge in [0.1, 0.15) is 12.3 Å². The smallest absolute Gasteiger partial charge is 0.169 e. The molecule has 118 valence electrons. The van der Waals surface area contributed by atoms with Gasteiger partial charge in [-0.3, -0.25) is 4.79 Å². The third kappa shape index (κ3) is 2.09. The summed E-state index contributed by atoms with van der Waals surface area (Å²) in [6.45, 7) is 6.32. The lowest BCUT2D eigenvalue weighted by Crippen LogP contribution is -2.56. The van der Waals surface area contributed by atoms with Crippen LogP contribution in [0.25, 0.3) is 10.8 Å². The number of hydrogen-bond donors (Lipinski definition) is 2. The van der Waals surface area contributed by atoms with Gasteiger partial charge in [-0.2, -0.15) is 0 Å². The summed E-state index contributed by atoms with van der Waals surface area (Å²) in [6.07, 6.45) is 1.59. The van der Waals surface area contributed by atoms with Crippen LogP contribution in [0.5, 0.6) is 0 Å². The topological polar surface area (TPSA) is 50.4 Å². The summed E-state index contributed by atoms with van der Waals surface area (Å²) in [5.41, 5.74) is 2.75. The molecule has 0 amide bonds. The fourth-order valence-corrected chi connectivity index (χ4v) is 3.58. The van der Waals surface area contributed by atoms with Crippen LogP contribution in [0.15, 0.2) is 42.2 Å². The first-order valence-corrected chi connectivity index (χ1v) is 7.91. The van der Waals surface area contributed by atoms with Gasteiger partial charge in [0, 0.05) is 22.8 Å². The highest BCUT2D eigenvalue weighted by Gasteiger charge is 2.43. The molecule has 2 aromatic rings. The number of anilines is 2. The Morgan fingerprint density at radius 3 is 2.78 bits per heavy atom. The van der Waals surface area contributed by atoms with Crippen molar-refractivity contribution in [3.05, 3.63) is 47.7 Å². The number of ketones is 1. The molecular formula is C19H20N2O2. The number of aryl methyl sites for hydroxylation is 1. The van der Waals surface area contributed by atoms with E-state index in [2.05, 4.69) is 41.8 Å². The van der Waals surface area contributed by atoms with Gasteiger partial charge in [-0.1, -0.05) is 24.3 Å². The van der Waals surface area contributed by atoms with Crippen molar-refractivity contribution in [3.8, 4) is 0 Å². The first-order chi connectivity index (χ1) is 11.0. The largest absolute Gasteiger partial charge is 0.497 e. The predicted molar refractivity (Wildman–Crippen MR) is 92.5 cm³/mol. The Labute approximate surface area is 135 Å². The Balaban J connectivity index is 1.83. The Hall–Kier alpha value is -2.49. The first kappa shape index (κ1) is 14.1. The number of carbonyl (C=O) groups excluding carboxylic acids is 1. The van der Waals surface area contributed by atoms with Gasteiger partial charge in [-0.25, -0.2) is 0 Å². The van der Waals surface area contributed by atoms with Gasteiger partial charge < -0.3 is 15.4 Å². The van der Waals surface area contributed by atoms with Crippen molar-refractivity contribution < 1.29 is 9.53 Å².